The maximum absolute atomic E-state index is 14.6. The molecular formula is C30H39FN6O2S. The molecule has 3 N–H and O–H groups in total. The molecule has 1 fully saturated rings. The average molecular weight is 567 g/mol. The van der Waals surface area contributed by atoms with Crippen LogP contribution in [0.5, 0.6) is 0 Å². The fraction of sp³-hybridized carbons (Fsp3) is 0.467. The highest BCUT2D eigenvalue weighted by Crippen LogP contribution is 2.34. The summed E-state index contributed by atoms with van der Waals surface area (Å²) in [7, 11) is -2.01. The lowest BCUT2D eigenvalue weighted by Crippen LogP contribution is -2.34. The Balaban J connectivity index is 1.49. The highest BCUT2D eigenvalue weighted by atomic mass is 32.2. The Morgan fingerprint density at radius 1 is 1.07 bits per heavy atom. The van der Waals surface area contributed by atoms with Gasteiger partial charge in [0, 0.05) is 22.8 Å². The van der Waals surface area contributed by atoms with E-state index in [1.807, 2.05) is 39.0 Å². The maximum Gasteiger partial charge on any atom is 0.267 e. The van der Waals surface area contributed by atoms with E-state index < -0.39 is 28.4 Å². The second kappa shape index (κ2) is 11.7. The molecule has 8 nitrogen and oxygen atoms in total. The third-order valence-electron chi connectivity index (χ3n) is 7.32. The first-order valence-electron chi connectivity index (χ1n) is 13.6. The summed E-state index contributed by atoms with van der Waals surface area (Å²) in [5.41, 5.74) is 0.356. The Morgan fingerprint density at radius 2 is 1.85 bits per heavy atom. The van der Waals surface area contributed by atoms with Gasteiger partial charge in [-0.05, 0) is 88.9 Å². The minimum absolute atomic E-state index is 0.136. The highest BCUT2D eigenvalue weighted by molar-refractivity contribution is 7.83. The summed E-state index contributed by atoms with van der Waals surface area (Å²) in [6.45, 7) is 13.2. The minimum atomic E-state index is -2.01. The van der Waals surface area contributed by atoms with Gasteiger partial charge >= 0.3 is 0 Å². The number of anilines is 1. The number of pyridine rings is 3. The average Bonchev–Trinajstić information content (AvgIpc) is 3.26. The van der Waals surface area contributed by atoms with E-state index in [2.05, 4.69) is 51.1 Å². The minimum Gasteiger partial charge on any atom is -0.359 e. The van der Waals surface area contributed by atoms with E-state index in [1.54, 1.807) is 30.5 Å². The first-order valence-corrected chi connectivity index (χ1v) is 14.7. The van der Waals surface area contributed by atoms with Crippen molar-refractivity contribution in [3.8, 4) is 0 Å². The lowest BCUT2D eigenvalue weighted by Gasteiger charge is -2.32. The highest BCUT2D eigenvalue weighted by Gasteiger charge is 2.34. The van der Waals surface area contributed by atoms with E-state index in [0.29, 0.717) is 17.4 Å². The fourth-order valence-corrected chi connectivity index (χ4v) is 5.78. The van der Waals surface area contributed by atoms with E-state index in [9.17, 15) is 13.4 Å². The van der Waals surface area contributed by atoms with E-state index in [0.717, 1.165) is 31.5 Å². The summed E-state index contributed by atoms with van der Waals surface area (Å²) < 4.78 is 30.0. The standard InChI is InChI=1S/C30H39FN6O2S/c1-28(2,3)22-14-13-21(26(31)34-22)27(38)37-40(39)25-12-9-11-24(35-25)36-30(6,23-10-7-8-17-32-23)16-15-20-18-29(4,5)33-19-20/h7-14,17,20,33H,15-16,18-19H2,1-6H3,(H,35,36)(H,37,38). The number of rotatable bonds is 9. The summed E-state index contributed by atoms with van der Waals surface area (Å²) in [5.74, 6) is -0.678. The number of halogens is 1. The van der Waals surface area contributed by atoms with Crippen molar-refractivity contribution in [2.24, 2.45) is 5.92 Å². The molecule has 3 atom stereocenters. The Kier molecular flexibility index (Phi) is 8.70. The largest absolute Gasteiger partial charge is 0.359 e. The summed E-state index contributed by atoms with van der Waals surface area (Å²) in [6.07, 6.45) is 4.68. The van der Waals surface area contributed by atoms with E-state index in [4.69, 9.17) is 0 Å². The van der Waals surface area contributed by atoms with Crippen LogP contribution >= 0.6 is 0 Å². The van der Waals surface area contributed by atoms with Crippen molar-refractivity contribution in [1.82, 2.24) is 25.0 Å². The van der Waals surface area contributed by atoms with Gasteiger partial charge in [-0.25, -0.2) is 14.2 Å². The van der Waals surface area contributed by atoms with Gasteiger partial charge in [-0.15, -0.1) is 0 Å². The van der Waals surface area contributed by atoms with Crippen molar-refractivity contribution in [2.75, 3.05) is 11.9 Å². The molecule has 0 aliphatic carbocycles. The summed E-state index contributed by atoms with van der Waals surface area (Å²) in [5, 5.41) is 7.24. The van der Waals surface area contributed by atoms with Gasteiger partial charge in [0.2, 0.25) is 5.95 Å². The van der Waals surface area contributed by atoms with Gasteiger partial charge in [-0.3, -0.25) is 14.5 Å². The van der Waals surface area contributed by atoms with Gasteiger partial charge in [-0.1, -0.05) is 32.9 Å². The predicted molar refractivity (Wildman–Crippen MR) is 156 cm³/mol. The van der Waals surface area contributed by atoms with Crippen LogP contribution in [0.4, 0.5) is 10.2 Å². The van der Waals surface area contributed by atoms with Crippen molar-refractivity contribution in [1.29, 1.82) is 0 Å². The first-order chi connectivity index (χ1) is 18.8. The van der Waals surface area contributed by atoms with Gasteiger partial charge < -0.3 is 10.6 Å². The Hall–Kier alpha value is -3.24. The number of amides is 1. The molecule has 3 aromatic heterocycles. The third kappa shape index (κ3) is 7.28. The van der Waals surface area contributed by atoms with Crippen molar-refractivity contribution >= 4 is 22.7 Å². The maximum atomic E-state index is 14.6. The zero-order valence-corrected chi connectivity index (χ0v) is 24.9. The van der Waals surface area contributed by atoms with E-state index in [1.165, 1.54) is 6.07 Å². The second-order valence-corrected chi connectivity index (χ2v) is 13.6. The molecule has 1 amide bonds. The summed E-state index contributed by atoms with van der Waals surface area (Å²) in [6, 6.07) is 13.9. The third-order valence-corrected chi connectivity index (χ3v) is 8.29. The molecule has 0 aromatic carbocycles. The Bertz CT molecular complexity index is 1380. The van der Waals surface area contributed by atoms with Crippen LogP contribution in [0.1, 0.15) is 82.6 Å². The molecule has 0 bridgehead atoms. The number of hydrogen-bond acceptors (Lipinski definition) is 7. The zero-order chi connectivity index (χ0) is 29.1. The van der Waals surface area contributed by atoms with Crippen LogP contribution in [0.3, 0.4) is 0 Å². The smallest absolute Gasteiger partial charge is 0.267 e. The number of hydrogen-bond donors (Lipinski definition) is 3. The molecule has 0 saturated carbocycles. The monoisotopic (exact) mass is 566 g/mol. The Labute approximate surface area is 238 Å². The molecule has 1 aliphatic heterocycles. The van der Waals surface area contributed by atoms with Crippen molar-refractivity contribution in [3.05, 3.63) is 77.6 Å². The summed E-state index contributed by atoms with van der Waals surface area (Å²) >= 11 is 0. The van der Waals surface area contributed by atoms with Crippen LogP contribution in [0.15, 0.2) is 59.8 Å². The molecule has 0 radical (unpaired) electrons. The van der Waals surface area contributed by atoms with Gasteiger partial charge in [0.25, 0.3) is 5.91 Å². The van der Waals surface area contributed by atoms with Crippen molar-refractivity contribution in [3.63, 3.8) is 0 Å². The summed E-state index contributed by atoms with van der Waals surface area (Å²) in [4.78, 5) is 25.8. The molecule has 40 heavy (non-hydrogen) atoms. The SMILES string of the molecule is CC1(C)CC(CCC(C)(Nc2cccc(S(=O)NC(=O)c3ccc(C(C)(C)C)nc3F)n2)c2ccccn2)CN1. The molecule has 1 aliphatic rings. The molecule has 4 rings (SSSR count). The zero-order valence-electron chi connectivity index (χ0n) is 24.0. The van der Waals surface area contributed by atoms with E-state index >= 15 is 0 Å². The number of nitrogens with zero attached hydrogens (tertiary/aromatic N) is 3. The first kappa shape index (κ1) is 29.7. The molecule has 3 aromatic rings. The molecule has 214 valence electrons. The van der Waals surface area contributed by atoms with Gasteiger partial charge in [0.15, 0.2) is 16.0 Å². The predicted octanol–water partition coefficient (Wildman–Crippen LogP) is 5.26. The van der Waals surface area contributed by atoms with E-state index in [-0.39, 0.29) is 21.5 Å². The van der Waals surface area contributed by atoms with Crippen molar-refractivity contribution < 1.29 is 13.4 Å². The molecule has 3 unspecified atom stereocenters. The number of carbonyl (C=O) groups is 1. The van der Waals surface area contributed by atoms with Crippen LogP contribution in [-0.4, -0.2) is 37.2 Å². The lowest BCUT2D eigenvalue weighted by molar-refractivity contribution is 0.0977. The Morgan fingerprint density at radius 3 is 2.48 bits per heavy atom. The molecule has 10 heteroatoms. The van der Waals surface area contributed by atoms with Crippen molar-refractivity contribution in [2.45, 2.75) is 82.3 Å². The van der Waals surface area contributed by atoms with Crippen LogP contribution in [0, 0.1) is 11.9 Å². The van der Waals surface area contributed by atoms with Gasteiger partial charge in [0.1, 0.15) is 5.82 Å². The lowest BCUT2D eigenvalue weighted by atomic mass is 9.85. The number of carbonyl (C=O) groups excluding carboxylic acids is 1. The number of nitrogens with one attached hydrogen (secondary N) is 3. The van der Waals surface area contributed by atoms with Gasteiger partial charge in [-0.2, -0.15) is 4.39 Å². The second-order valence-electron chi connectivity index (χ2n) is 12.4. The van der Waals surface area contributed by atoms with Crippen LogP contribution in [-0.2, 0) is 21.9 Å². The number of aromatic nitrogens is 3. The quantitative estimate of drug-likeness (QED) is 0.303. The molecule has 4 heterocycles. The fourth-order valence-electron chi connectivity index (χ4n) is 5.01. The van der Waals surface area contributed by atoms with Crippen LogP contribution < -0.4 is 15.4 Å². The molecule has 0 spiro atoms. The van der Waals surface area contributed by atoms with Crippen LogP contribution in [0.2, 0.25) is 0 Å². The van der Waals surface area contributed by atoms with Crippen LogP contribution in [0.25, 0.3) is 0 Å². The van der Waals surface area contributed by atoms with Gasteiger partial charge in [0.05, 0.1) is 16.8 Å². The normalized spacial score (nSPS) is 19.0. The topological polar surface area (TPSA) is 109 Å². The molecular weight excluding hydrogens is 527 g/mol. The molecule has 1 saturated heterocycles.